The average Bonchev–Trinajstić information content (AvgIpc) is 2.38. The average molecular weight is 364 g/mol. The Labute approximate surface area is 129 Å². The summed E-state index contributed by atoms with van der Waals surface area (Å²) >= 11 is 3.22. The number of aromatic nitrogens is 1. The van der Waals surface area contributed by atoms with E-state index in [2.05, 4.69) is 32.6 Å². The van der Waals surface area contributed by atoms with Crippen molar-refractivity contribution in [2.75, 3.05) is 5.73 Å². The van der Waals surface area contributed by atoms with Crippen molar-refractivity contribution in [3.05, 3.63) is 16.7 Å². The smallest absolute Gasteiger partial charge is 0.244 e. The van der Waals surface area contributed by atoms with Crippen molar-refractivity contribution in [3.63, 3.8) is 0 Å². The summed E-state index contributed by atoms with van der Waals surface area (Å²) in [6, 6.07) is 1.43. The van der Waals surface area contributed by atoms with E-state index in [-0.39, 0.29) is 16.8 Å². The minimum absolute atomic E-state index is 0.0199. The summed E-state index contributed by atoms with van der Waals surface area (Å²) in [6.45, 7) is 4.13. The second-order valence-corrected chi connectivity index (χ2v) is 7.38. The first kappa shape index (κ1) is 17.4. The Morgan fingerprint density at radius 3 is 2.65 bits per heavy atom. The van der Waals surface area contributed by atoms with E-state index >= 15 is 0 Å². The lowest BCUT2D eigenvalue weighted by Gasteiger charge is -2.18. The number of nitrogens with two attached hydrogens (primary N) is 1. The summed E-state index contributed by atoms with van der Waals surface area (Å²) in [6.07, 6.45) is 6.12. The standard InChI is InChI=1S/C13H22BrN3O2S/c1-3-5-7-11(6-4-2)17-20(18,19)12-8-10(14)9-16-13(12)15/h8-9,11,17H,3-7H2,1-2H3,(H2,15,16). The van der Waals surface area contributed by atoms with Crippen molar-refractivity contribution >= 4 is 31.8 Å². The molecule has 0 spiro atoms. The number of nitrogens with one attached hydrogen (secondary N) is 1. The molecule has 0 bridgehead atoms. The fourth-order valence-corrected chi connectivity index (χ4v) is 3.89. The van der Waals surface area contributed by atoms with Crippen LogP contribution in [0.2, 0.25) is 0 Å². The van der Waals surface area contributed by atoms with Gasteiger partial charge in [-0.05, 0) is 34.8 Å². The van der Waals surface area contributed by atoms with Crippen LogP contribution < -0.4 is 10.5 Å². The van der Waals surface area contributed by atoms with Crippen LogP contribution in [0.5, 0.6) is 0 Å². The molecule has 0 amide bonds. The zero-order valence-corrected chi connectivity index (χ0v) is 14.3. The van der Waals surface area contributed by atoms with Gasteiger partial charge in [0, 0.05) is 16.7 Å². The minimum atomic E-state index is -3.63. The van der Waals surface area contributed by atoms with Gasteiger partial charge in [-0.15, -0.1) is 0 Å². The summed E-state index contributed by atoms with van der Waals surface area (Å²) in [5, 5.41) is 0. The second-order valence-electron chi connectivity index (χ2n) is 4.79. The predicted molar refractivity (Wildman–Crippen MR) is 84.9 cm³/mol. The van der Waals surface area contributed by atoms with Gasteiger partial charge in [-0.1, -0.05) is 33.1 Å². The molecule has 1 heterocycles. The maximum Gasteiger partial charge on any atom is 0.244 e. The molecule has 3 N–H and O–H groups in total. The van der Waals surface area contributed by atoms with Crippen LogP contribution in [0.25, 0.3) is 0 Å². The molecule has 0 fully saturated rings. The third-order valence-corrected chi connectivity index (χ3v) is 4.99. The fraction of sp³-hybridized carbons (Fsp3) is 0.615. The van der Waals surface area contributed by atoms with Gasteiger partial charge >= 0.3 is 0 Å². The first-order valence-electron chi connectivity index (χ1n) is 6.84. The third-order valence-electron chi connectivity index (χ3n) is 3.00. The van der Waals surface area contributed by atoms with Crippen molar-refractivity contribution in [2.24, 2.45) is 0 Å². The highest BCUT2D eigenvalue weighted by Gasteiger charge is 2.22. The van der Waals surface area contributed by atoms with Crippen molar-refractivity contribution in [2.45, 2.75) is 56.9 Å². The van der Waals surface area contributed by atoms with Crippen molar-refractivity contribution in [1.29, 1.82) is 0 Å². The summed E-state index contributed by atoms with van der Waals surface area (Å²) in [4.78, 5) is 3.90. The van der Waals surface area contributed by atoms with Crippen molar-refractivity contribution < 1.29 is 8.42 Å². The lowest BCUT2D eigenvalue weighted by atomic mass is 10.1. The Morgan fingerprint density at radius 1 is 1.35 bits per heavy atom. The van der Waals surface area contributed by atoms with Gasteiger partial charge in [-0.25, -0.2) is 18.1 Å². The number of sulfonamides is 1. The summed E-state index contributed by atoms with van der Waals surface area (Å²) in [5.74, 6) is 0.0199. The number of rotatable bonds is 8. The molecule has 7 heteroatoms. The van der Waals surface area contributed by atoms with E-state index < -0.39 is 10.0 Å². The van der Waals surface area contributed by atoms with Gasteiger partial charge in [0.05, 0.1) is 0 Å². The fourth-order valence-electron chi connectivity index (χ4n) is 1.99. The van der Waals surface area contributed by atoms with Crippen LogP contribution in [0.3, 0.4) is 0 Å². The summed E-state index contributed by atoms with van der Waals surface area (Å²) in [7, 11) is -3.63. The Hall–Kier alpha value is -0.660. The van der Waals surface area contributed by atoms with E-state index in [9.17, 15) is 8.42 Å². The van der Waals surface area contributed by atoms with Crippen molar-refractivity contribution in [1.82, 2.24) is 9.71 Å². The van der Waals surface area contributed by atoms with E-state index in [0.29, 0.717) is 4.47 Å². The number of hydrogen-bond donors (Lipinski definition) is 2. The largest absolute Gasteiger partial charge is 0.383 e. The lowest BCUT2D eigenvalue weighted by Crippen LogP contribution is -2.35. The molecule has 1 unspecified atom stereocenters. The number of pyridine rings is 1. The normalized spacial score (nSPS) is 13.3. The maximum atomic E-state index is 12.4. The van der Waals surface area contributed by atoms with Gasteiger partial charge in [0.15, 0.2) is 0 Å². The van der Waals surface area contributed by atoms with Gasteiger partial charge in [-0.3, -0.25) is 0 Å². The molecular weight excluding hydrogens is 342 g/mol. The Balaban J connectivity index is 2.93. The molecule has 0 aromatic carbocycles. The molecule has 1 rings (SSSR count). The molecular formula is C13H22BrN3O2S. The van der Waals surface area contributed by atoms with Crippen LogP contribution in [-0.2, 0) is 10.0 Å². The van der Waals surface area contributed by atoms with Crippen LogP contribution in [0.4, 0.5) is 5.82 Å². The number of hydrogen-bond acceptors (Lipinski definition) is 4. The highest BCUT2D eigenvalue weighted by atomic mass is 79.9. The lowest BCUT2D eigenvalue weighted by molar-refractivity contribution is 0.483. The highest BCUT2D eigenvalue weighted by Crippen LogP contribution is 2.21. The topological polar surface area (TPSA) is 85.1 Å². The van der Waals surface area contributed by atoms with E-state index in [1.54, 1.807) is 0 Å². The summed E-state index contributed by atoms with van der Waals surface area (Å²) < 4.78 is 28.1. The predicted octanol–water partition coefficient (Wildman–Crippen LogP) is 3.06. The number of unbranched alkanes of at least 4 members (excludes halogenated alkanes) is 1. The molecule has 0 saturated carbocycles. The maximum absolute atomic E-state index is 12.4. The van der Waals surface area contributed by atoms with Gasteiger partial charge in [0.1, 0.15) is 10.7 Å². The first-order valence-corrected chi connectivity index (χ1v) is 9.11. The SMILES string of the molecule is CCCCC(CCC)NS(=O)(=O)c1cc(Br)cnc1N. The second kappa shape index (κ2) is 7.95. The molecule has 0 radical (unpaired) electrons. The van der Waals surface area contributed by atoms with Crippen molar-refractivity contribution in [3.8, 4) is 0 Å². The minimum Gasteiger partial charge on any atom is -0.383 e. The van der Waals surface area contributed by atoms with Crippen LogP contribution in [-0.4, -0.2) is 19.4 Å². The number of nitrogen functional groups attached to an aromatic ring is 1. The van der Waals surface area contributed by atoms with E-state index in [1.807, 2.05) is 6.92 Å². The molecule has 0 aliphatic rings. The number of halogens is 1. The van der Waals surface area contributed by atoms with E-state index in [0.717, 1.165) is 32.1 Å². The molecule has 1 aromatic rings. The molecule has 0 aliphatic carbocycles. The van der Waals surface area contributed by atoms with Gasteiger partial charge < -0.3 is 5.73 Å². The molecule has 20 heavy (non-hydrogen) atoms. The monoisotopic (exact) mass is 363 g/mol. The molecule has 1 atom stereocenters. The Kier molecular flexibility index (Phi) is 6.91. The van der Waals surface area contributed by atoms with E-state index in [4.69, 9.17) is 5.73 Å². The molecule has 0 saturated heterocycles. The molecule has 114 valence electrons. The van der Waals surface area contributed by atoms with Crippen LogP contribution in [0.15, 0.2) is 21.6 Å². The number of nitrogens with zero attached hydrogens (tertiary/aromatic N) is 1. The van der Waals surface area contributed by atoms with Crippen LogP contribution >= 0.6 is 15.9 Å². The Bertz CT molecular complexity index is 534. The zero-order valence-electron chi connectivity index (χ0n) is 11.9. The van der Waals surface area contributed by atoms with E-state index in [1.165, 1.54) is 12.3 Å². The summed E-state index contributed by atoms with van der Waals surface area (Å²) in [5.41, 5.74) is 5.67. The highest BCUT2D eigenvalue weighted by molar-refractivity contribution is 9.10. The molecule has 1 aromatic heterocycles. The number of anilines is 1. The molecule has 5 nitrogen and oxygen atoms in total. The van der Waals surface area contributed by atoms with Gasteiger partial charge in [0.2, 0.25) is 10.0 Å². The quantitative estimate of drug-likeness (QED) is 0.742. The van der Waals surface area contributed by atoms with Crippen LogP contribution in [0.1, 0.15) is 46.0 Å². The third kappa shape index (κ3) is 5.03. The van der Waals surface area contributed by atoms with Gasteiger partial charge in [-0.2, -0.15) is 0 Å². The first-order chi connectivity index (χ1) is 9.40. The molecule has 0 aliphatic heterocycles. The van der Waals surface area contributed by atoms with Gasteiger partial charge in [0.25, 0.3) is 0 Å². The van der Waals surface area contributed by atoms with Crippen LogP contribution in [0, 0.1) is 0 Å². The zero-order chi connectivity index (χ0) is 15.2. The Morgan fingerprint density at radius 2 is 2.05 bits per heavy atom.